The number of nitrogens with one attached hydrogen (secondary N) is 1. The van der Waals surface area contributed by atoms with Gasteiger partial charge in [-0.3, -0.25) is 0 Å². The van der Waals surface area contributed by atoms with E-state index in [1.54, 1.807) is 0 Å². The van der Waals surface area contributed by atoms with Crippen molar-refractivity contribution in [3.05, 3.63) is 12.7 Å². The van der Waals surface area contributed by atoms with E-state index in [1.165, 1.54) is 12.7 Å². The van der Waals surface area contributed by atoms with E-state index in [0.29, 0.717) is 17.0 Å². The number of imidazole rings is 1. The highest BCUT2D eigenvalue weighted by atomic mass is 15.0. The Morgan fingerprint density at radius 3 is 3.10 bits per heavy atom. The van der Waals surface area contributed by atoms with Gasteiger partial charge < -0.3 is 10.7 Å². The lowest BCUT2D eigenvalue weighted by atomic mass is 10.5. The molecule has 0 aromatic carbocycles. The maximum Gasteiger partial charge on any atom is 0.182 e. The molecule has 0 saturated heterocycles. The number of fused-ring (bicyclic) bond motifs is 1. The predicted molar refractivity (Wildman–Crippen MR) is 38.2 cm³/mol. The Morgan fingerprint density at radius 2 is 2.30 bits per heavy atom. The van der Waals surface area contributed by atoms with Crippen LogP contribution in [0.2, 0.25) is 0 Å². The Kier molecular flexibility index (Phi) is 0.858. The van der Waals surface area contributed by atoms with Crippen LogP contribution in [0.15, 0.2) is 12.7 Å². The van der Waals surface area contributed by atoms with Crippen LogP contribution in [0.25, 0.3) is 11.2 Å². The van der Waals surface area contributed by atoms with Crippen LogP contribution in [0.3, 0.4) is 0 Å². The minimum atomic E-state index is 0. The molecule has 0 amide bonds. The Bertz CT molecular complexity index is 356. The average molecular weight is 137 g/mol. The first-order chi connectivity index (χ1) is 4.88. The number of nitrogen functional groups attached to an aromatic ring is 1. The molecule has 2 rings (SSSR count). The topological polar surface area (TPSA) is 80.5 Å². The number of hydrogen-bond acceptors (Lipinski definition) is 4. The van der Waals surface area contributed by atoms with Gasteiger partial charge in [0.2, 0.25) is 0 Å². The van der Waals surface area contributed by atoms with Gasteiger partial charge in [-0.1, -0.05) is 0 Å². The van der Waals surface area contributed by atoms with Gasteiger partial charge in [0.15, 0.2) is 11.5 Å². The van der Waals surface area contributed by atoms with Crippen LogP contribution in [-0.2, 0) is 0 Å². The molecule has 0 aliphatic carbocycles. The fourth-order valence-corrected chi connectivity index (χ4v) is 0.784. The highest BCUT2D eigenvalue weighted by molar-refractivity contribution is 5.80. The quantitative estimate of drug-likeness (QED) is 0.542. The number of nitrogens with two attached hydrogens (primary N) is 1. The van der Waals surface area contributed by atoms with Crippen molar-refractivity contribution in [3.8, 4) is 0 Å². The lowest BCUT2D eigenvalue weighted by Crippen LogP contribution is -1.91. The molecule has 52 valence electrons. The van der Waals surface area contributed by atoms with E-state index in [2.05, 4.69) is 19.9 Å². The molecule has 0 fully saturated rings. The summed E-state index contributed by atoms with van der Waals surface area (Å²) in [5, 5.41) is 0. The first-order valence-electron chi connectivity index (χ1n) is 2.77. The molecule has 10 heavy (non-hydrogen) atoms. The van der Waals surface area contributed by atoms with Gasteiger partial charge in [0.1, 0.15) is 11.8 Å². The number of aromatic amines is 1. The van der Waals surface area contributed by atoms with Crippen LogP contribution >= 0.6 is 0 Å². The van der Waals surface area contributed by atoms with Crippen molar-refractivity contribution < 1.29 is 1.43 Å². The van der Waals surface area contributed by atoms with Crippen LogP contribution in [0.4, 0.5) is 5.82 Å². The molecule has 0 spiro atoms. The minimum Gasteiger partial charge on any atom is -0.382 e. The second kappa shape index (κ2) is 1.66. The fraction of sp³-hybridized carbons (Fsp3) is 0. The number of nitrogens with zero attached hydrogens (tertiary/aromatic N) is 3. The summed E-state index contributed by atoms with van der Waals surface area (Å²) in [7, 11) is 0. The Morgan fingerprint density at radius 1 is 1.40 bits per heavy atom. The van der Waals surface area contributed by atoms with Crippen molar-refractivity contribution >= 4 is 17.0 Å². The smallest absolute Gasteiger partial charge is 0.182 e. The molecule has 0 aliphatic heterocycles. The maximum absolute atomic E-state index is 5.48. The molecular weight excluding hydrogens is 130 g/mol. The molecule has 2 aromatic heterocycles. The molecular formula is C5H7N5. The summed E-state index contributed by atoms with van der Waals surface area (Å²) in [6.45, 7) is 0. The third kappa shape index (κ3) is 0.540. The molecule has 0 bridgehead atoms. The van der Waals surface area contributed by atoms with Crippen molar-refractivity contribution in [3.63, 3.8) is 0 Å². The molecule has 0 aliphatic rings. The van der Waals surface area contributed by atoms with Crippen molar-refractivity contribution in [2.45, 2.75) is 0 Å². The van der Waals surface area contributed by atoms with Gasteiger partial charge in [-0.05, 0) is 0 Å². The zero-order valence-electron chi connectivity index (χ0n) is 5.07. The zero-order chi connectivity index (χ0) is 6.97. The maximum atomic E-state index is 5.48. The van der Waals surface area contributed by atoms with E-state index in [4.69, 9.17) is 5.73 Å². The standard InChI is InChI=1S/C5H5N5.H2/c6-4-3-5(9-1-7-3)10-2-8-4;/h1-2H,(H3,6,7,8,9,10);1H. The summed E-state index contributed by atoms with van der Waals surface area (Å²) in [6.07, 6.45) is 2.92. The van der Waals surface area contributed by atoms with Crippen molar-refractivity contribution in [1.82, 2.24) is 19.9 Å². The van der Waals surface area contributed by atoms with Crippen molar-refractivity contribution in [2.24, 2.45) is 0 Å². The van der Waals surface area contributed by atoms with E-state index in [-0.39, 0.29) is 1.43 Å². The third-order valence-corrected chi connectivity index (χ3v) is 1.25. The van der Waals surface area contributed by atoms with Crippen molar-refractivity contribution in [2.75, 3.05) is 5.73 Å². The van der Waals surface area contributed by atoms with Gasteiger partial charge in [0, 0.05) is 1.43 Å². The fourth-order valence-electron chi connectivity index (χ4n) is 0.784. The Hall–Kier alpha value is -1.65. The SMILES string of the molecule is Nc1ncnc2nc[nH]c12.[HH]. The van der Waals surface area contributed by atoms with Crippen LogP contribution in [0.5, 0.6) is 0 Å². The lowest BCUT2D eigenvalue weighted by Gasteiger charge is -1.89. The first kappa shape index (κ1) is 5.16. The molecule has 0 saturated carbocycles. The summed E-state index contributed by atoms with van der Waals surface area (Å²) < 4.78 is 0. The lowest BCUT2D eigenvalue weighted by molar-refractivity contribution is 1.21. The van der Waals surface area contributed by atoms with Crippen LogP contribution in [0, 0.1) is 0 Å². The Labute approximate surface area is 57.8 Å². The molecule has 2 aromatic rings. The number of rotatable bonds is 0. The monoisotopic (exact) mass is 137 g/mol. The first-order valence-corrected chi connectivity index (χ1v) is 2.77. The molecule has 5 nitrogen and oxygen atoms in total. The number of hydrogen-bond donors (Lipinski definition) is 2. The largest absolute Gasteiger partial charge is 0.382 e. The van der Waals surface area contributed by atoms with Gasteiger partial charge in [-0.25, -0.2) is 15.0 Å². The Balaban J connectivity index is 0.000000605. The van der Waals surface area contributed by atoms with E-state index in [0.717, 1.165) is 0 Å². The number of anilines is 1. The van der Waals surface area contributed by atoms with Crippen LogP contribution < -0.4 is 5.73 Å². The summed E-state index contributed by atoms with van der Waals surface area (Å²) in [4.78, 5) is 14.4. The number of aromatic nitrogens is 4. The summed E-state index contributed by atoms with van der Waals surface area (Å²) >= 11 is 0. The molecule has 0 atom stereocenters. The van der Waals surface area contributed by atoms with Crippen LogP contribution in [0.1, 0.15) is 1.43 Å². The molecule has 5 heteroatoms. The second-order valence-corrected chi connectivity index (χ2v) is 1.86. The van der Waals surface area contributed by atoms with Crippen molar-refractivity contribution in [1.29, 1.82) is 0 Å². The molecule has 0 unspecified atom stereocenters. The highest BCUT2D eigenvalue weighted by Crippen LogP contribution is 2.09. The van der Waals surface area contributed by atoms with Gasteiger partial charge in [-0.15, -0.1) is 0 Å². The molecule has 0 radical (unpaired) electrons. The van der Waals surface area contributed by atoms with E-state index in [9.17, 15) is 0 Å². The van der Waals surface area contributed by atoms with Gasteiger partial charge in [-0.2, -0.15) is 0 Å². The molecule has 2 heterocycles. The number of H-pyrrole nitrogens is 1. The van der Waals surface area contributed by atoms with E-state index < -0.39 is 0 Å². The van der Waals surface area contributed by atoms with Gasteiger partial charge in [0.25, 0.3) is 0 Å². The van der Waals surface area contributed by atoms with Gasteiger partial charge in [0.05, 0.1) is 6.33 Å². The highest BCUT2D eigenvalue weighted by Gasteiger charge is 1.99. The average Bonchev–Trinajstić information content (AvgIpc) is 2.36. The summed E-state index contributed by atoms with van der Waals surface area (Å²) in [6, 6.07) is 0. The normalized spacial score (nSPS) is 10.4. The third-order valence-electron chi connectivity index (χ3n) is 1.25. The zero-order valence-corrected chi connectivity index (χ0v) is 5.07. The van der Waals surface area contributed by atoms with E-state index >= 15 is 0 Å². The molecule has 3 N–H and O–H groups in total. The van der Waals surface area contributed by atoms with Gasteiger partial charge >= 0.3 is 0 Å². The second-order valence-electron chi connectivity index (χ2n) is 1.86. The predicted octanol–water partition coefficient (Wildman–Crippen LogP) is 0.181. The van der Waals surface area contributed by atoms with Crippen LogP contribution in [-0.4, -0.2) is 19.9 Å². The summed E-state index contributed by atoms with van der Waals surface area (Å²) in [5.74, 6) is 0.433. The summed E-state index contributed by atoms with van der Waals surface area (Å²) in [5.41, 5.74) is 6.78. The minimum absolute atomic E-state index is 0. The van der Waals surface area contributed by atoms with E-state index in [1.807, 2.05) is 0 Å².